The fourth-order valence-corrected chi connectivity index (χ4v) is 2.41. The summed E-state index contributed by atoms with van der Waals surface area (Å²) in [7, 11) is 0. The molecule has 0 aliphatic rings. The minimum Gasteiger partial charge on any atom is -0.268 e. The van der Waals surface area contributed by atoms with E-state index in [0.717, 1.165) is 0 Å². The predicted molar refractivity (Wildman–Crippen MR) is 86.7 cm³/mol. The number of H-pyrrole nitrogens is 2. The molecule has 122 valence electrons. The van der Waals surface area contributed by atoms with E-state index in [1.165, 1.54) is 4.90 Å². The van der Waals surface area contributed by atoms with Crippen LogP contribution in [0.1, 0.15) is 10.4 Å². The molecule has 0 fully saturated rings. The SMILES string of the molecule is O=C(c1ccccc1-c1nn[nH]n1)N(c1ccccc1)c1nn[nH]n1. The van der Waals surface area contributed by atoms with Crippen LogP contribution in [0.15, 0.2) is 54.6 Å². The van der Waals surface area contributed by atoms with Gasteiger partial charge in [0.1, 0.15) is 0 Å². The van der Waals surface area contributed by atoms with Gasteiger partial charge in [0, 0.05) is 5.56 Å². The molecule has 2 aromatic heterocycles. The molecule has 2 aromatic carbocycles. The van der Waals surface area contributed by atoms with Gasteiger partial charge >= 0.3 is 0 Å². The number of anilines is 2. The maximum atomic E-state index is 13.3. The highest BCUT2D eigenvalue weighted by Crippen LogP contribution is 2.27. The second kappa shape index (κ2) is 6.28. The first-order valence-corrected chi connectivity index (χ1v) is 7.30. The van der Waals surface area contributed by atoms with Crippen molar-refractivity contribution < 1.29 is 4.79 Å². The van der Waals surface area contributed by atoms with Gasteiger partial charge in [-0.05, 0) is 28.6 Å². The van der Waals surface area contributed by atoms with Crippen LogP contribution in [0.4, 0.5) is 11.6 Å². The summed E-state index contributed by atoms with van der Waals surface area (Å²) in [4.78, 5) is 14.6. The Morgan fingerprint density at radius 2 is 1.56 bits per heavy atom. The minimum atomic E-state index is -0.340. The molecule has 10 nitrogen and oxygen atoms in total. The zero-order valence-corrected chi connectivity index (χ0v) is 12.7. The quantitative estimate of drug-likeness (QED) is 0.576. The lowest BCUT2D eigenvalue weighted by Crippen LogP contribution is -2.27. The first-order valence-electron chi connectivity index (χ1n) is 7.30. The molecule has 1 amide bonds. The highest BCUT2D eigenvalue weighted by atomic mass is 16.2. The van der Waals surface area contributed by atoms with Crippen molar-refractivity contribution in [3.05, 3.63) is 60.2 Å². The molecule has 0 unspecified atom stereocenters. The second-order valence-electron chi connectivity index (χ2n) is 4.97. The molecule has 0 aliphatic heterocycles. The molecular formula is C15H11N9O. The van der Waals surface area contributed by atoms with Gasteiger partial charge in [0.25, 0.3) is 11.9 Å². The number of carbonyl (C=O) groups is 1. The number of amides is 1. The summed E-state index contributed by atoms with van der Waals surface area (Å²) in [6.45, 7) is 0. The normalized spacial score (nSPS) is 10.6. The largest absolute Gasteiger partial charge is 0.277 e. The molecule has 0 radical (unpaired) electrons. The highest BCUT2D eigenvalue weighted by Gasteiger charge is 2.26. The summed E-state index contributed by atoms with van der Waals surface area (Å²) in [5.41, 5.74) is 1.54. The number of rotatable bonds is 4. The van der Waals surface area contributed by atoms with Gasteiger partial charge in [-0.2, -0.15) is 10.4 Å². The first kappa shape index (κ1) is 14.6. The molecule has 10 heteroatoms. The van der Waals surface area contributed by atoms with E-state index in [1.807, 2.05) is 18.2 Å². The van der Waals surface area contributed by atoms with Crippen LogP contribution >= 0.6 is 0 Å². The van der Waals surface area contributed by atoms with E-state index in [1.54, 1.807) is 36.4 Å². The molecule has 0 aliphatic carbocycles. The van der Waals surface area contributed by atoms with Crippen molar-refractivity contribution in [1.29, 1.82) is 0 Å². The minimum absolute atomic E-state index is 0.138. The van der Waals surface area contributed by atoms with Crippen molar-refractivity contribution in [2.45, 2.75) is 0 Å². The van der Waals surface area contributed by atoms with Crippen molar-refractivity contribution in [1.82, 2.24) is 41.2 Å². The Morgan fingerprint density at radius 3 is 2.28 bits per heavy atom. The summed E-state index contributed by atoms with van der Waals surface area (Å²) in [6.07, 6.45) is 0. The van der Waals surface area contributed by atoms with Crippen LogP contribution in [-0.4, -0.2) is 47.2 Å². The molecule has 4 aromatic rings. The van der Waals surface area contributed by atoms with E-state index in [4.69, 9.17) is 0 Å². The molecule has 25 heavy (non-hydrogen) atoms. The van der Waals surface area contributed by atoms with Gasteiger partial charge in [-0.3, -0.25) is 4.79 Å². The van der Waals surface area contributed by atoms with Crippen LogP contribution in [0.25, 0.3) is 11.4 Å². The van der Waals surface area contributed by atoms with E-state index in [9.17, 15) is 4.79 Å². The lowest BCUT2D eigenvalue weighted by atomic mass is 10.1. The molecule has 0 bridgehead atoms. The number of hydrogen-bond donors (Lipinski definition) is 2. The van der Waals surface area contributed by atoms with Gasteiger partial charge < -0.3 is 0 Å². The fraction of sp³-hybridized carbons (Fsp3) is 0. The van der Waals surface area contributed by atoms with Gasteiger partial charge in [0.2, 0.25) is 5.82 Å². The van der Waals surface area contributed by atoms with Gasteiger partial charge in [0.05, 0.1) is 11.3 Å². The number of carbonyl (C=O) groups excluding carboxylic acids is 1. The highest BCUT2D eigenvalue weighted by molar-refractivity contribution is 6.12. The molecule has 0 spiro atoms. The van der Waals surface area contributed by atoms with Crippen LogP contribution in [-0.2, 0) is 0 Å². The average Bonchev–Trinajstić information content (AvgIpc) is 3.37. The number of para-hydroxylation sites is 1. The number of hydrogen-bond acceptors (Lipinski definition) is 7. The Kier molecular flexibility index (Phi) is 3.67. The van der Waals surface area contributed by atoms with E-state index in [0.29, 0.717) is 22.6 Å². The number of aromatic amines is 2. The fourth-order valence-electron chi connectivity index (χ4n) is 2.41. The standard InChI is InChI=1S/C15H11N9O/c25-14(12-9-5-4-8-11(12)13-16-20-21-17-13)24(15-18-22-23-19-15)10-6-2-1-3-7-10/h1-9H,(H,16,17,20,21)(H,18,19,22,23). The van der Waals surface area contributed by atoms with E-state index in [2.05, 4.69) is 41.2 Å². The first-order chi connectivity index (χ1) is 12.3. The maximum Gasteiger partial charge on any atom is 0.277 e. The monoisotopic (exact) mass is 333 g/mol. The van der Waals surface area contributed by atoms with Crippen molar-refractivity contribution >= 4 is 17.5 Å². The van der Waals surface area contributed by atoms with Crippen molar-refractivity contribution in [2.24, 2.45) is 0 Å². The maximum absolute atomic E-state index is 13.3. The van der Waals surface area contributed by atoms with Gasteiger partial charge in [-0.15, -0.1) is 15.3 Å². The topological polar surface area (TPSA) is 129 Å². The molecule has 4 rings (SSSR count). The smallest absolute Gasteiger partial charge is 0.268 e. The summed E-state index contributed by atoms with van der Waals surface area (Å²) in [6, 6.07) is 16.1. The van der Waals surface area contributed by atoms with E-state index >= 15 is 0 Å². The van der Waals surface area contributed by atoms with E-state index < -0.39 is 0 Å². The molecule has 2 N–H and O–H groups in total. The number of nitrogens with zero attached hydrogens (tertiary/aromatic N) is 7. The number of nitrogens with one attached hydrogen (secondary N) is 2. The van der Waals surface area contributed by atoms with Gasteiger partial charge in [-0.25, -0.2) is 4.90 Å². The van der Waals surface area contributed by atoms with Crippen LogP contribution < -0.4 is 4.90 Å². The van der Waals surface area contributed by atoms with Crippen LogP contribution in [0.3, 0.4) is 0 Å². The van der Waals surface area contributed by atoms with Crippen LogP contribution in [0, 0.1) is 0 Å². The third-order valence-corrected chi connectivity index (χ3v) is 3.50. The Morgan fingerprint density at radius 1 is 0.840 bits per heavy atom. The molecule has 0 saturated heterocycles. The molecular weight excluding hydrogens is 322 g/mol. The molecule has 0 saturated carbocycles. The van der Waals surface area contributed by atoms with Gasteiger partial charge in [0.15, 0.2) is 0 Å². The van der Waals surface area contributed by atoms with Crippen molar-refractivity contribution in [2.75, 3.05) is 4.90 Å². The van der Waals surface area contributed by atoms with Crippen LogP contribution in [0.5, 0.6) is 0 Å². The Hall–Kier alpha value is -3.95. The molecule has 2 heterocycles. The van der Waals surface area contributed by atoms with Crippen molar-refractivity contribution in [3.8, 4) is 11.4 Å². The Bertz CT molecular complexity index is 967. The Balaban J connectivity index is 1.83. The van der Waals surface area contributed by atoms with Gasteiger partial charge in [-0.1, -0.05) is 41.5 Å². The summed E-state index contributed by atoms with van der Waals surface area (Å²) in [5, 5.41) is 27.6. The summed E-state index contributed by atoms with van der Waals surface area (Å²) < 4.78 is 0. The van der Waals surface area contributed by atoms with Crippen LogP contribution in [0.2, 0.25) is 0 Å². The third-order valence-electron chi connectivity index (χ3n) is 3.50. The second-order valence-corrected chi connectivity index (χ2v) is 4.97. The predicted octanol–water partition coefficient (Wildman–Crippen LogP) is 1.36. The lowest BCUT2D eigenvalue weighted by Gasteiger charge is -2.19. The number of tetrazole rings is 2. The zero-order valence-electron chi connectivity index (χ0n) is 12.7. The van der Waals surface area contributed by atoms with E-state index in [-0.39, 0.29) is 11.9 Å². The third kappa shape index (κ3) is 2.72. The summed E-state index contributed by atoms with van der Waals surface area (Å²) in [5.74, 6) is 0.122. The lowest BCUT2D eigenvalue weighted by molar-refractivity contribution is 0.0998. The molecule has 0 atom stereocenters. The zero-order chi connectivity index (χ0) is 17.1. The average molecular weight is 333 g/mol. The number of aromatic nitrogens is 8. The number of benzene rings is 2. The van der Waals surface area contributed by atoms with Crippen molar-refractivity contribution in [3.63, 3.8) is 0 Å². The Labute approximate surface area is 140 Å². The summed E-state index contributed by atoms with van der Waals surface area (Å²) >= 11 is 0.